The van der Waals surface area contributed by atoms with E-state index in [0.29, 0.717) is 17.6 Å². The lowest BCUT2D eigenvalue weighted by Gasteiger charge is -2.20. The van der Waals surface area contributed by atoms with Crippen LogP contribution >= 0.6 is 0 Å². The molecule has 0 fully saturated rings. The first kappa shape index (κ1) is 19.7. The van der Waals surface area contributed by atoms with Gasteiger partial charge in [0.1, 0.15) is 6.04 Å². The first-order valence-corrected chi connectivity index (χ1v) is 9.00. The summed E-state index contributed by atoms with van der Waals surface area (Å²) in [6, 6.07) is 6.59. The lowest BCUT2D eigenvalue weighted by atomic mass is 10.00. The second-order valence-electron chi connectivity index (χ2n) is 5.49. The topological polar surface area (TPSA) is 113 Å². The Labute approximate surface area is 141 Å². The predicted octanol–water partition coefficient (Wildman–Crippen LogP) is 2.18. The molecule has 132 valence electrons. The minimum absolute atomic E-state index is 0.336. The summed E-state index contributed by atoms with van der Waals surface area (Å²) in [7, 11) is -4.05. The zero-order chi connectivity index (χ0) is 18.3. The second kappa shape index (κ2) is 8.49. The Bertz CT molecular complexity index is 713. The first-order valence-electron chi connectivity index (χ1n) is 7.46. The van der Waals surface area contributed by atoms with Crippen molar-refractivity contribution in [2.45, 2.75) is 33.2 Å². The van der Waals surface area contributed by atoms with Crippen LogP contribution in [0.1, 0.15) is 32.8 Å². The number of nitrogens with one attached hydrogen (secondary N) is 2. The molecule has 0 radical (unpaired) electrons. The van der Waals surface area contributed by atoms with Crippen LogP contribution < -0.4 is 10.0 Å². The summed E-state index contributed by atoms with van der Waals surface area (Å²) < 4.78 is 25.8. The Kier molecular flexibility index (Phi) is 6.97. The van der Waals surface area contributed by atoms with Crippen LogP contribution in [0.4, 0.5) is 4.79 Å². The average Bonchev–Trinajstić information content (AvgIpc) is 2.51. The van der Waals surface area contributed by atoms with E-state index in [2.05, 4.69) is 5.32 Å². The molecule has 0 aliphatic carbocycles. The third kappa shape index (κ3) is 6.04. The Morgan fingerprint density at radius 2 is 1.83 bits per heavy atom. The zero-order valence-electron chi connectivity index (χ0n) is 13.8. The molecule has 0 saturated heterocycles. The van der Waals surface area contributed by atoms with E-state index in [1.54, 1.807) is 55.8 Å². The number of carboxylic acids is 1. The summed E-state index contributed by atoms with van der Waals surface area (Å²) in [4.78, 5) is 23.0. The maximum atomic E-state index is 12.0. The highest BCUT2D eigenvalue weighted by Crippen LogP contribution is 2.14. The highest BCUT2D eigenvalue weighted by atomic mass is 32.2. The van der Waals surface area contributed by atoms with Gasteiger partial charge in [-0.25, -0.2) is 22.7 Å². The van der Waals surface area contributed by atoms with Crippen molar-refractivity contribution >= 4 is 27.6 Å². The van der Waals surface area contributed by atoms with Crippen LogP contribution in [0.15, 0.2) is 35.7 Å². The van der Waals surface area contributed by atoms with Gasteiger partial charge in [-0.1, -0.05) is 50.6 Å². The molecule has 2 amide bonds. The number of carboxylic acid groups (broad SMARTS) is 1. The summed E-state index contributed by atoms with van der Waals surface area (Å²) >= 11 is 0. The van der Waals surface area contributed by atoms with Crippen molar-refractivity contribution in [3.8, 4) is 0 Å². The molecule has 0 aliphatic rings. The van der Waals surface area contributed by atoms with Gasteiger partial charge in [-0.05, 0) is 24.0 Å². The van der Waals surface area contributed by atoms with Crippen molar-refractivity contribution in [1.29, 1.82) is 0 Å². The van der Waals surface area contributed by atoms with Crippen molar-refractivity contribution in [2.24, 2.45) is 5.92 Å². The van der Waals surface area contributed by atoms with Gasteiger partial charge in [-0.3, -0.25) is 0 Å². The van der Waals surface area contributed by atoms with Gasteiger partial charge in [-0.2, -0.15) is 0 Å². The number of rotatable bonds is 7. The summed E-state index contributed by atoms with van der Waals surface area (Å²) in [6.07, 6.45) is 0.525. The fraction of sp³-hybridized carbons (Fsp3) is 0.375. The molecule has 1 aromatic rings. The number of sulfonamides is 1. The minimum Gasteiger partial charge on any atom is -0.480 e. The summed E-state index contributed by atoms with van der Waals surface area (Å²) in [6.45, 7) is 5.04. The van der Waals surface area contributed by atoms with Crippen LogP contribution in [0.3, 0.4) is 0 Å². The van der Waals surface area contributed by atoms with Crippen molar-refractivity contribution in [2.75, 3.05) is 0 Å². The van der Waals surface area contributed by atoms with Crippen LogP contribution in [0.25, 0.3) is 5.57 Å². The highest BCUT2D eigenvalue weighted by molar-refractivity contribution is 7.93. The normalized spacial score (nSPS) is 14.5. The van der Waals surface area contributed by atoms with Crippen LogP contribution in [-0.2, 0) is 14.8 Å². The van der Waals surface area contributed by atoms with Crippen LogP contribution in [0.5, 0.6) is 0 Å². The third-order valence-corrected chi connectivity index (χ3v) is 4.70. The van der Waals surface area contributed by atoms with Gasteiger partial charge in [0.2, 0.25) is 0 Å². The number of benzene rings is 1. The molecule has 8 heteroatoms. The molecule has 0 saturated carbocycles. The van der Waals surface area contributed by atoms with Gasteiger partial charge < -0.3 is 10.4 Å². The van der Waals surface area contributed by atoms with Crippen molar-refractivity contribution < 1.29 is 23.1 Å². The lowest BCUT2D eigenvalue weighted by Crippen LogP contribution is -2.50. The Hall–Kier alpha value is -2.35. The Morgan fingerprint density at radius 1 is 1.25 bits per heavy atom. The average molecular weight is 354 g/mol. The van der Waals surface area contributed by atoms with Crippen LogP contribution in [0.2, 0.25) is 0 Å². The molecule has 0 heterocycles. The van der Waals surface area contributed by atoms with E-state index in [1.165, 1.54) is 0 Å². The largest absolute Gasteiger partial charge is 0.480 e. The highest BCUT2D eigenvalue weighted by Gasteiger charge is 2.26. The molecular formula is C16H22N2O5S. The monoisotopic (exact) mass is 354 g/mol. The molecule has 0 aliphatic heterocycles. The molecule has 0 aromatic heterocycles. The van der Waals surface area contributed by atoms with Gasteiger partial charge in [0, 0.05) is 0 Å². The van der Waals surface area contributed by atoms with E-state index in [-0.39, 0.29) is 5.92 Å². The SMILES string of the molecule is CCC(C)C(NC(=O)NS(=O)(=O)C=C(C)c1ccccc1)C(=O)O. The summed E-state index contributed by atoms with van der Waals surface area (Å²) in [5, 5.41) is 12.2. The molecular weight excluding hydrogens is 332 g/mol. The van der Waals surface area contributed by atoms with E-state index in [1.807, 2.05) is 0 Å². The number of hydrogen-bond donors (Lipinski definition) is 3. The molecule has 24 heavy (non-hydrogen) atoms. The van der Waals surface area contributed by atoms with Crippen LogP contribution in [0, 0.1) is 5.92 Å². The van der Waals surface area contributed by atoms with E-state index in [4.69, 9.17) is 5.11 Å². The minimum atomic E-state index is -4.05. The molecule has 2 unspecified atom stereocenters. The molecule has 3 N–H and O–H groups in total. The molecule has 2 atom stereocenters. The van der Waals surface area contributed by atoms with Gasteiger partial charge in [0.05, 0.1) is 5.41 Å². The van der Waals surface area contributed by atoms with E-state index in [0.717, 1.165) is 5.41 Å². The van der Waals surface area contributed by atoms with Gasteiger partial charge >= 0.3 is 12.0 Å². The number of carbonyl (C=O) groups excluding carboxylic acids is 1. The van der Waals surface area contributed by atoms with Crippen molar-refractivity contribution in [3.05, 3.63) is 41.3 Å². The molecule has 0 bridgehead atoms. The lowest BCUT2D eigenvalue weighted by molar-refractivity contribution is -0.140. The smallest absolute Gasteiger partial charge is 0.329 e. The third-order valence-electron chi connectivity index (χ3n) is 3.56. The molecule has 1 rings (SSSR count). The number of allylic oxidation sites excluding steroid dienone is 1. The number of aliphatic carboxylic acids is 1. The van der Waals surface area contributed by atoms with Gasteiger partial charge in [-0.15, -0.1) is 0 Å². The maximum Gasteiger partial charge on any atom is 0.329 e. The predicted molar refractivity (Wildman–Crippen MR) is 91.6 cm³/mol. The van der Waals surface area contributed by atoms with Crippen molar-refractivity contribution in [3.63, 3.8) is 0 Å². The fourth-order valence-corrected chi connectivity index (χ4v) is 2.99. The zero-order valence-corrected chi connectivity index (χ0v) is 14.6. The first-order chi connectivity index (χ1) is 11.2. The molecule has 1 aromatic carbocycles. The number of hydrogen-bond acceptors (Lipinski definition) is 4. The Balaban J connectivity index is 2.83. The fourth-order valence-electron chi connectivity index (χ4n) is 2.01. The van der Waals surface area contributed by atoms with Crippen LogP contribution in [-0.4, -0.2) is 31.6 Å². The molecule has 0 spiro atoms. The Morgan fingerprint density at radius 3 is 2.33 bits per heavy atom. The molecule has 7 nitrogen and oxygen atoms in total. The van der Waals surface area contributed by atoms with Gasteiger partial charge in [0.25, 0.3) is 10.0 Å². The van der Waals surface area contributed by atoms with E-state index >= 15 is 0 Å². The van der Waals surface area contributed by atoms with Crippen molar-refractivity contribution in [1.82, 2.24) is 10.0 Å². The van der Waals surface area contributed by atoms with Gasteiger partial charge in [0.15, 0.2) is 0 Å². The standard InChI is InChI=1S/C16H22N2O5S/c1-4-11(2)14(15(19)20)17-16(21)18-24(22,23)10-12(3)13-8-6-5-7-9-13/h5-11,14H,4H2,1-3H3,(H,19,20)(H2,17,18,21). The number of carbonyl (C=O) groups is 2. The van der Waals surface area contributed by atoms with E-state index in [9.17, 15) is 18.0 Å². The summed E-state index contributed by atoms with van der Waals surface area (Å²) in [5.74, 6) is -1.55. The second-order valence-corrected chi connectivity index (χ2v) is 7.02. The van der Waals surface area contributed by atoms with E-state index < -0.39 is 28.1 Å². The number of urea groups is 1. The number of amides is 2. The maximum absolute atomic E-state index is 12.0. The quantitative estimate of drug-likeness (QED) is 0.695. The summed E-state index contributed by atoms with van der Waals surface area (Å²) in [5.41, 5.74) is 1.15.